The molecule has 0 saturated carbocycles. The van der Waals surface area contributed by atoms with E-state index in [0.29, 0.717) is 17.4 Å². The molecular weight excluding hydrogens is 220 g/mol. The van der Waals surface area contributed by atoms with Crippen molar-refractivity contribution in [3.8, 4) is 0 Å². The number of nitrogens with one attached hydrogen (secondary N) is 1. The Morgan fingerprint density at radius 3 is 2.50 bits per heavy atom. The Labute approximate surface area is 112 Å². The fraction of sp³-hybridized carbons (Fsp3) is 0.688. The monoisotopic (exact) mass is 248 g/mol. The Morgan fingerprint density at radius 1 is 1.28 bits per heavy atom. The number of pyridine rings is 1. The van der Waals surface area contributed by atoms with E-state index >= 15 is 0 Å². The average Bonchev–Trinajstić information content (AvgIpc) is 2.29. The van der Waals surface area contributed by atoms with Gasteiger partial charge in [0.05, 0.1) is 0 Å². The summed E-state index contributed by atoms with van der Waals surface area (Å²) in [6.45, 7) is 12.5. The molecule has 1 heterocycles. The normalized spacial score (nSPS) is 15.4. The van der Waals surface area contributed by atoms with Crippen LogP contribution in [0, 0.1) is 11.3 Å². The van der Waals surface area contributed by atoms with Gasteiger partial charge in [0.15, 0.2) is 0 Å². The van der Waals surface area contributed by atoms with E-state index in [1.807, 2.05) is 12.3 Å². The van der Waals surface area contributed by atoms with Gasteiger partial charge in [-0.25, -0.2) is 0 Å². The third kappa shape index (κ3) is 5.18. The molecular formula is C16H28N2. The highest BCUT2D eigenvalue weighted by molar-refractivity contribution is 5.05. The zero-order valence-electron chi connectivity index (χ0n) is 12.5. The molecule has 0 fully saturated rings. The molecule has 0 aliphatic rings. The fourth-order valence-electron chi connectivity index (χ4n) is 2.08. The number of aromatic nitrogens is 1. The molecule has 0 aliphatic heterocycles. The Hall–Kier alpha value is -0.890. The lowest BCUT2D eigenvalue weighted by Crippen LogP contribution is -2.35. The maximum atomic E-state index is 4.43. The van der Waals surface area contributed by atoms with Crippen LogP contribution < -0.4 is 5.32 Å². The minimum atomic E-state index is 0.373. The van der Waals surface area contributed by atoms with E-state index in [-0.39, 0.29) is 0 Å². The topological polar surface area (TPSA) is 24.9 Å². The molecule has 0 spiro atoms. The summed E-state index contributed by atoms with van der Waals surface area (Å²) < 4.78 is 0. The first-order chi connectivity index (χ1) is 8.43. The SMILES string of the molecule is CCNC(Cc1ccccn1)CC(C)C(C)(C)C. The summed E-state index contributed by atoms with van der Waals surface area (Å²) >= 11 is 0. The maximum absolute atomic E-state index is 4.43. The van der Waals surface area contributed by atoms with Crippen LogP contribution in [0.5, 0.6) is 0 Å². The van der Waals surface area contributed by atoms with Crippen LogP contribution in [0.2, 0.25) is 0 Å². The van der Waals surface area contributed by atoms with Gasteiger partial charge in [0, 0.05) is 24.4 Å². The van der Waals surface area contributed by atoms with Crippen molar-refractivity contribution in [1.82, 2.24) is 10.3 Å². The van der Waals surface area contributed by atoms with Gasteiger partial charge < -0.3 is 5.32 Å². The second kappa shape index (κ2) is 6.89. The van der Waals surface area contributed by atoms with Crippen LogP contribution in [0.25, 0.3) is 0 Å². The molecule has 1 aromatic rings. The summed E-state index contributed by atoms with van der Waals surface area (Å²) in [7, 11) is 0. The smallest absolute Gasteiger partial charge is 0.0419 e. The van der Waals surface area contributed by atoms with Crippen LogP contribution in [-0.4, -0.2) is 17.6 Å². The van der Waals surface area contributed by atoms with Gasteiger partial charge in [-0.15, -0.1) is 0 Å². The van der Waals surface area contributed by atoms with Crippen molar-refractivity contribution in [1.29, 1.82) is 0 Å². The minimum Gasteiger partial charge on any atom is -0.314 e. The predicted octanol–water partition coefficient (Wildman–Crippen LogP) is 3.67. The molecule has 0 bridgehead atoms. The first-order valence-electron chi connectivity index (χ1n) is 7.06. The number of likely N-dealkylation sites (N-methyl/N-ethyl adjacent to an activating group) is 1. The quantitative estimate of drug-likeness (QED) is 0.831. The first-order valence-corrected chi connectivity index (χ1v) is 7.06. The largest absolute Gasteiger partial charge is 0.314 e. The van der Waals surface area contributed by atoms with Gasteiger partial charge in [-0.2, -0.15) is 0 Å². The van der Waals surface area contributed by atoms with Gasteiger partial charge in [0.1, 0.15) is 0 Å². The van der Waals surface area contributed by atoms with E-state index in [9.17, 15) is 0 Å². The lowest BCUT2D eigenvalue weighted by Gasteiger charge is -2.31. The molecule has 0 amide bonds. The minimum absolute atomic E-state index is 0.373. The van der Waals surface area contributed by atoms with Crippen LogP contribution in [0.3, 0.4) is 0 Å². The van der Waals surface area contributed by atoms with Crippen molar-refractivity contribution in [2.75, 3.05) is 6.54 Å². The lowest BCUT2D eigenvalue weighted by atomic mass is 9.78. The molecule has 2 atom stereocenters. The standard InChI is InChI=1S/C16H28N2/c1-6-17-15(11-13(2)16(3,4)5)12-14-9-7-8-10-18-14/h7-10,13,15,17H,6,11-12H2,1-5H3. The number of rotatable bonds is 6. The predicted molar refractivity (Wildman–Crippen MR) is 78.6 cm³/mol. The van der Waals surface area contributed by atoms with Crippen molar-refractivity contribution in [2.45, 2.75) is 53.5 Å². The maximum Gasteiger partial charge on any atom is 0.0419 e. The second-order valence-electron chi connectivity index (χ2n) is 6.28. The molecule has 1 N–H and O–H groups in total. The van der Waals surface area contributed by atoms with E-state index in [4.69, 9.17) is 0 Å². The summed E-state index contributed by atoms with van der Waals surface area (Å²) in [5.74, 6) is 0.699. The third-order valence-corrected chi connectivity index (χ3v) is 3.79. The zero-order chi connectivity index (χ0) is 13.6. The fourth-order valence-corrected chi connectivity index (χ4v) is 2.08. The van der Waals surface area contributed by atoms with E-state index < -0.39 is 0 Å². The van der Waals surface area contributed by atoms with Crippen LogP contribution in [0.4, 0.5) is 0 Å². The van der Waals surface area contributed by atoms with Gasteiger partial charge in [0.25, 0.3) is 0 Å². The van der Waals surface area contributed by atoms with Crippen molar-refractivity contribution >= 4 is 0 Å². The molecule has 0 aliphatic carbocycles. The molecule has 0 aromatic carbocycles. The molecule has 0 saturated heterocycles. The van der Waals surface area contributed by atoms with Crippen molar-refractivity contribution in [3.05, 3.63) is 30.1 Å². The molecule has 18 heavy (non-hydrogen) atoms. The van der Waals surface area contributed by atoms with Crippen LogP contribution in [0.15, 0.2) is 24.4 Å². The van der Waals surface area contributed by atoms with E-state index in [0.717, 1.165) is 13.0 Å². The highest BCUT2D eigenvalue weighted by atomic mass is 14.9. The van der Waals surface area contributed by atoms with Gasteiger partial charge in [0.2, 0.25) is 0 Å². The molecule has 2 heteroatoms. The van der Waals surface area contributed by atoms with Crippen molar-refractivity contribution < 1.29 is 0 Å². The average molecular weight is 248 g/mol. The number of hydrogen-bond donors (Lipinski definition) is 1. The zero-order valence-corrected chi connectivity index (χ0v) is 12.5. The van der Waals surface area contributed by atoms with E-state index in [1.165, 1.54) is 12.1 Å². The molecule has 0 radical (unpaired) electrons. The van der Waals surface area contributed by atoms with E-state index in [2.05, 4.69) is 57.1 Å². The molecule has 102 valence electrons. The van der Waals surface area contributed by atoms with Crippen LogP contribution in [0.1, 0.15) is 46.7 Å². The molecule has 2 unspecified atom stereocenters. The third-order valence-electron chi connectivity index (χ3n) is 3.79. The highest BCUT2D eigenvalue weighted by Crippen LogP contribution is 2.29. The highest BCUT2D eigenvalue weighted by Gasteiger charge is 2.23. The van der Waals surface area contributed by atoms with Crippen molar-refractivity contribution in [2.24, 2.45) is 11.3 Å². The summed E-state index contributed by atoms with van der Waals surface area (Å²) in [6.07, 6.45) is 4.11. The number of nitrogens with zero attached hydrogens (tertiary/aromatic N) is 1. The number of hydrogen-bond acceptors (Lipinski definition) is 2. The summed E-state index contributed by atoms with van der Waals surface area (Å²) in [5, 5.41) is 3.59. The first kappa shape index (κ1) is 15.2. The molecule has 1 aromatic heterocycles. The van der Waals surface area contributed by atoms with Crippen LogP contribution >= 0.6 is 0 Å². The summed E-state index contributed by atoms with van der Waals surface area (Å²) in [5.41, 5.74) is 1.56. The van der Waals surface area contributed by atoms with Gasteiger partial charge in [-0.3, -0.25) is 4.98 Å². The molecule has 2 nitrogen and oxygen atoms in total. The van der Waals surface area contributed by atoms with Crippen LogP contribution in [-0.2, 0) is 6.42 Å². The second-order valence-corrected chi connectivity index (χ2v) is 6.28. The van der Waals surface area contributed by atoms with E-state index in [1.54, 1.807) is 0 Å². The Balaban J connectivity index is 2.60. The summed E-state index contributed by atoms with van der Waals surface area (Å²) in [6, 6.07) is 6.69. The molecule has 1 rings (SSSR count). The Morgan fingerprint density at radius 2 is 2.00 bits per heavy atom. The van der Waals surface area contributed by atoms with Gasteiger partial charge >= 0.3 is 0 Å². The lowest BCUT2D eigenvalue weighted by molar-refractivity contribution is 0.222. The van der Waals surface area contributed by atoms with Gasteiger partial charge in [-0.1, -0.05) is 40.7 Å². The Bertz CT molecular complexity index is 327. The van der Waals surface area contributed by atoms with Gasteiger partial charge in [-0.05, 0) is 36.4 Å². The Kier molecular flexibility index (Phi) is 5.80. The summed E-state index contributed by atoms with van der Waals surface area (Å²) in [4.78, 5) is 4.43. The van der Waals surface area contributed by atoms with Crippen molar-refractivity contribution in [3.63, 3.8) is 0 Å².